The van der Waals surface area contributed by atoms with Crippen molar-refractivity contribution in [3.63, 3.8) is 0 Å². The van der Waals surface area contributed by atoms with E-state index in [4.69, 9.17) is 0 Å². The van der Waals surface area contributed by atoms with Crippen LogP contribution in [0.1, 0.15) is 25.0 Å². The fourth-order valence-corrected chi connectivity index (χ4v) is 4.49. The van der Waals surface area contributed by atoms with Crippen molar-refractivity contribution in [2.24, 2.45) is 0 Å². The maximum absolute atomic E-state index is 13.3. The summed E-state index contributed by atoms with van der Waals surface area (Å²) in [6, 6.07) is 14.5. The Morgan fingerprint density at radius 2 is 1.74 bits per heavy atom. The van der Waals surface area contributed by atoms with Crippen LogP contribution in [0.4, 0.5) is 40.0 Å². The average molecular weight is 544 g/mol. The highest BCUT2D eigenvalue weighted by molar-refractivity contribution is 8.00. The van der Waals surface area contributed by atoms with Crippen LogP contribution in [0.5, 0.6) is 0 Å². The Morgan fingerprint density at radius 1 is 1.03 bits per heavy atom. The zero-order chi connectivity index (χ0) is 27.7. The van der Waals surface area contributed by atoms with Gasteiger partial charge in [0.2, 0.25) is 0 Å². The molecule has 4 rings (SSSR count). The second-order valence-corrected chi connectivity index (χ2v) is 10.2. The molecule has 1 aliphatic heterocycles. The van der Waals surface area contributed by atoms with Gasteiger partial charge >= 0.3 is 17.6 Å². The molecule has 2 N–H and O–H groups in total. The number of pyridine rings is 1. The molecule has 0 saturated carbocycles. The van der Waals surface area contributed by atoms with E-state index in [0.717, 1.165) is 10.5 Å². The second-order valence-electron chi connectivity index (χ2n) is 9.11. The van der Waals surface area contributed by atoms with E-state index in [-0.39, 0.29) is 34.7 Å². The third kappa shape index (κ3) is 6.08. The monoisotopic (exact) mass is 543 g/mol. The number of halogens is 3. The van der Waals surface area contributed by atoms with Crippen LogP contribution in [0.3, 0.4) is 0 Å². The number of aromatic nitrogens is 1. The number of alkyl halides is 3. The third-order valence-corrected chi connectivity index (χ3v) is 6.57. The zero-order valence-corrected chi connectivity index (χ0v) is 21.5. The quantitative estimate of drug-likeness (QED) is 0.277. The molecule has 0 radical (unpaired) electrons. The lowest BCUT2D eigenvalue weighted by molar-refractivity contribution is -0.123. The Kier molecular flexibility index (Phi) is 7.36. The van der Waals surface area contributed by atoms with Crippen molar-refractivity contribution in [3.8, 4) is 0 Å². The molecule has 0 unspecified atom stereocenters. The number of imide groups is 1. The predicted octanol–water partition coefficient (Wildman–Crippen LogP) is 6.39. The Morgan fingerprint density at radius 3 is 2.39 bits per heavy atom. The smallest absolute Gasteiger partial charge is 0.308 e. The number of thioether (sulfide) groups is 1. The topological polar surface area (TPSA) is 94.6 Å². The lowest BCUT2D eigenvalue weighted by Gasteiger charge is -2.27. The molecule has 2 aromatic carbocycles. The van der Waals surface area contributed by atoms with Gasteiger partial charge in [-0.05, 0) is 92.2 Å². The minimum atomic E-state index is -4.45. The minimum Gasteiger partial charge on any atom is -0.308 e. The molecule has 12 heteroatoms. The minimum absolute atomic E-state index is 0.0345. The van der Waals surface area contributed by atoms with Crippen LogP contribution in [-0.2, 0) is 11.3 Å². The molecular weight excluding hydrogens is 519 g/mol. The lowest BCUT2D eigenvalue weighted by atomic mass is 10.0. The largest absolute Gasteiger partial charge is 0.446 e. The normalized spacial score (nSPS) is 15.1. The first-order chi connectivity index (χ1) is 17.8. The number of hydrogen-bond acceptors (Lipinski definition) is 5. The highest BCUT2D eigenvalue weighted by Gasteiger charge is 2.51. The number of rotatable bonds is 6. The first-order valence-electron chi connectivity index (χ1n) is 11.4. The van der Waals surface area contributed by atoms with E-state index in [1.165, 1.54) is 35.4 Å². The first-order valence-corrected chi connectivity index (χ1v) is 12.3. The second kappa shape index (κ2) is 10.4. The molecule has 1 saturated heterocycles. The maximum Gasteiger partial charge on any atom is 0.446 e. The van der Waals surface area contributed by atoms with E-state index in [1.54, 1.807) is 32.0 Å². The molecule has 5 amide bonds. The van der Waals surface area contributed by atoms with Gasteiger partial charge in [-0.1, -0.05) is 12.1 Å². The van der Waals surface area contributed by atoms with Gasteiger partial charge in [0, 0.05) is 23.3 Å². The number of amides is 5. The van der Waals surface area contributed by atoms with Crippen LogP contribution in [0, 0.1) is 6.92 Å². The number of nitrogens with one attached hydrogen (secondary N) is 2. The molecule has 0 bridgehead atoms. The van der Waals surface area contributed by atoms with Gasteiger partial charge in [-0.2, -0.15) is 13.2 Å². The van der Waals surface area contributed by atoms with Gasteiger partial charge in [-0.3, -0.25) is 10.1 Å². The van der Waals surface area contributed by atoms with Gasteiger partial charge in [0.15, 0.2) is 0 Å². The van der Waals surface area contributed by atoms with Crippen molar-refractivity contribution in [3.05, 3.63) is 78.0 Å². The van der Waals surface area contributed by atoms with Crippen molar-refractivity contribution in [1.82, 2.24) is 9.88 Å². The summed E-state index contributed by atoms with van der Waals surface area (Å²) in [5.41, 5.74) is -3.28. The molecular formula is C26H24F3N5O3S. The maximum atomic E-state index is 13.3. The number of urea groups is 2. The van der Waals surface area contributed by atoms with Crippen molar-refractivity contribution in [2.75, 3.05) is 15.5 Å². The molecule has 0 aliphatic carbocycles. The molecule has 1 aliphatic rings. The average Bonchev–Trinajstić information content (AvgIpc) is 2.98. The molecule has 198 valence electrons. The van der Waals surface area contributed by atoms with Gasteiger partial charge in [0.1, 0.15) is 11.4 Å². The number of benzene rings is 2. The molecule has 38 heavy (non-hydrogen) atoms. The van der Waals surface area contributed by atoms with Gasteiger partial charge in [-0.25, -0.2) is 19.5 Å². The highest BCUT2D eigenvalue weighted by Crippen LogP contribution is 2.39. The number of nitrogens with zero attached hydrogens (tertiary/aromatic N) is 3. The standard InChI is InChI=1S/C26H24F3N5O3S/c1-16-5-4-6-18(13-16)31-23(36)32-21-14-17(11-12-30-21)15-33-24(37)34(22(35)25(33,2)3)19-7-9-20(10-8-19)38-26(27,28)29/h4-14H,15H2,1-3H3,(H2,30,31,32,36). The summed E-state index contributed by atoms with van der Waals surface area (Å²) in [4.78, 5) is 45.3. The molecule has 1 aromatic heterocycles. The van der Waals surface area contributed by atoms with Crippen LogP contribution < -0.4 is 15.5 Å². The lowest BCUT2D eigenvalue weighted by Crippen LogP contribution is -2.43. The molecule has 0 spiro atoms. The van der Waals surface area contributed by atoms with Crippen LogP contribution in [0.15, 0.2) is 71.8 Å². The van der Waals surface area contributed by atoms with Gasteiger partial charge in [0.05, 0.1) is 5.69 Å². The summed E-state index contributed by atoms with van der Waals surface area (Å²) in [5, 5.41) is 5.37. The highest BCUT2D eigenvalue weighted by atomic mass is 32.2. The molecule has 2 heterocycles. The van der Waals surface area contributed by atoms with Gasteiger partial charge in [-0.15, -0.1) is 0 Å². The Labute approximate surface area is 221 Å². The number of carbonyl (C=O) groups excluding carboxylic acids is 3. The number of anilines is 3. The fourth-order valence-electron chi connectivity index (χ4n) is 3.95. The van der Waals surface area contributed by atoms with Crippen LogP contribution >= 0.6 is 11.8 Å². The number of carbonyl (C=O) groups is 3. The summed E-state index contributed by atoms with van der Waals surface area (Å²) < 4.78 is 37.9. The number of aryl methyl sites for hydroxylation is 1. The first kappa shape index (κ1) is 27.0. The molecule has 3 aromatic rings. The molecule has 1 fully saturated rings. The van der Waals surface area contributed by atoms with E-state index >= 15 is 0 Å². The van der Waals surface area contributed by atoms with Crippen LogP contribution in [0.2, 0.25) is 0 Å². The Balaban J connectivity index is 1.48. The van der Waals surface area contributed by atoms with E-state index in [1.807, 2.05) is 25.1 Å². The fraction of sp³-hybridized carbons (Fsp3) is 0.231. The van der Waals surface area contributed by atoms with E-state index in [2.05, 4.69) is 15.6 Å². The van der Waals surface area contributed by atoms with Gasteiger partial charge in [0.25, 0.3) is 5.91 Å². The van der Waals surface area contributed by atoms with Crippen LogP contribution in [0.25, 0.3) is 0 Å². The number of hydrogen-bond donors (Lipinski definition) is 2. The van der Waals surface area contributed by atoms with Gasteiger partial charge < -0.3 is 10.2 Å². The van der Waals surface area contributed by atoms with Crippen molar-refractivity contribution in [2.45, 2.75) is 43.3 Å². The van der Waals surface area contributed by atoms with E-state index in [9.17, 15) is 27.6 Å². The molecule has 8 nitrogen and oxygen atoms in total. The Hall–Kier alpha value is -4.06. The van der Waals surface area contributed by atoms with Crippen molar-refractivity contribution < 1.29 is 27.6 Å². The predicted molar refractivity (Wildman–Crippen MR) is 139 cm³/mol. The molecule has 0 atom stereocenters. The summed E-state index contributed by atoms with van der Waals surface area (Å²) in [6.45, 7) is 5.13. The summed E-state index contributed by atoms with van der Waals surface area (Å²) in [5.74, 6) is -0.262. The SMILES string of the molecule is Cc1cccc(NC(=O)Nc2cc(CN3C(=O)N(c4ccc(SC(F)(F)F)cc4)C(=O)C3(C)C)ccn2)c1. The van der Waals surface area contributed by atoms with Crippen molar-refractivity contribution >= 4 is 46.9 Å². The van der Waals surface area contributed by atoms with E-state index in [0.29, 0.717) is 11.3 Å². The summed E-state index contributed by atoms with van der Waals surface area (Å²) in [6.07, 6.45) is 1.47. The van der Waals surface area contributed by atoms with Crippen molar-refractivity contribution in [1.29, 1.82) is 0 Å². The van der Waals surface area contributed by atoms with Crippen LogP contribution in [-0.4, -0.2) is 38.9 Å². The van der Waals surface area contributed by atoms with E-state index < -0.39 is 29.0 Å². The summed E-state index contributed by atoms with van der Waals surface area (Å²) >= 11 is -0.277. The zero-order valence-electron chi connectivity index (χ0n) is 20.7. The summed E-state index contributed by atoms with van der Waals surface area (Å²) in [7, 11) is 0. The Bertz CT molecular complexity index is 1380. The third-order valence-electron chi connectivity index (χ3n) is 5.83.